The van der Waals surface area contributed by atoms with Gasteiger partial charge in [-0.05, 0) is 36.6 Å². The largest absolute Gasteiger partial charge is 0.326 e. The van der Waals surface area contributed by atoms with E-state index in [0.29, 0.717) is 17.8 Å². The highest BCUT2D eigenvalue weighted by Gasteiger charge is 2.22. The van der Waals surface area contributed by atoms with E-state index in [9.17, 15) is 9.59 Å². The molecule has 2 atom stereocenters. The van der Waals surface area contributed by atoms with Gasteiger partial charge < -0.3 is 16.4 Å². The Morgan fingerprint density at radius 1 is 1.00 bits per heavy atom. The Kier molecular flexibility index (Phi) is 8.98. The summed E-state index contributed by atoms with van der Waals surface area (Å²) in [4.78, 5) is 24.5. The molecule has 2 aromatic rings. The predicted octanol–water partition coefficient (Wildman–Crippen LogP) is 4.43. The Bertz CT molecular complexity index is 765. The lowest BCUT2D eigenvalue weighted by molar-refractivity contribution is -0.120. The zero-order valence-electron chi connectivity index (χ0n) is 16.0. The summed E-state index contributed by atoms with van der Waals surface area (Å²) in [5.74, 6) is -0.574. The summed E-state index contributed by atoms with van der Waals surface area (Å²) in [5, 5.41) is 5.82. The molecule has 0 spiro atoms. The Labute approximate surface area is 167 Å². The lowest BCUT2D eigenvalue weighted by Crippen LogP contribution is -2.30. The van der Waals surface area contributed by atoms with Gasteiger partial charge in [-0.2, -0.15) is 0 Å². The molecule has 0 fully saturated rings. The van der Waals surface area contributed by atoms with Crippen LogP contribution < -0.4 is 16.4 Å². The van der Waals surface area contributed by atoms with Crippen LogP contribution in [0.2, 0.25) is 0 Å². The van der Waals surface area contributed by atoms with Gasteiger partial charge in [0, 0.05) is 23.8 Å². The van der Waals surface area contributed by atoms with Gasteiger partial charge in [0.15, 0.2) is 0 Å². The third-order valence-electron chi connectivity index (χ3n) is 4.48. The molecule has 0 aromatic heterocycles. The molecular formula is C21H28ClN3O2. The molecule has 0 aliphatic rings. The van der Waals surface area contributed by atoms with Gasteiger partial charge in [-0.15, -0.1) is 12.4 Å². The number of amides is 2. The molecule has 2 rings (SSSR count). The van der Waals surface area contributed by atoms with Gasteiger partial charge >= 0.3 is 0 Å². The number of rotatable bonds is 7. The Hall–Kier alpha value is -2.37. The summed E-state index contributed by atoms with van der Waals surface area (Å²) in [5.41, 5.74) is 9.38. The minimum Gasteiger partial charge on any atom is -0.326 e. The molecule has 0 aliphatic heterocycles. The van der Waals surface area contributed by atoms with Crippen LogP contribution in [0.3, 0.4) is 0 Å². The predicted molar refractivity (Wildman–Crippen MR) is 113 cm³/mol. The molecule has 5 nitrogen and oxygen atoms in total. The molecule has 4 N–H and O–H groups in total. The fourth-order valence-electron chi connectivity index (χ4n) is 2.72. The lowest BCUT2D eigenvalue weighted by Gasteiger charge is -2.21. The molecule has 2 aromatic carbocycles. The average molecular weight is 390 g/mol. The summed E-state index contributed by atoms with van der Waals surface area (Å²) in [6, 6.07) is 14.7. The minimum absolute atomic E-state index is 0. The molecule has 0 aliphatic carbocycles. The van der Waals surface area contributed by atoms with E-state index in [2.05, 4.69) is 10.6 Å². The maximum atomic E-state index is 12.6. The summed E-state index contributed by atoms with van der Waals surface area (Å²) in [6.45, 7) is 5.65. The minimum atomic E-state index is -0.393. The van der Waals surface area contributed by atoms with Gasteiger partial charge in [-0.25, -0.2) is 0 Å². The van der Waals surface area contributed by atoms with Crippen molar-refractivity contribution in [3.8, 4) is 0 Å². The van der Waals surface area contributed by atoms with Crippen LogP contribution >= 0.6 is 12.4 Å². The maximum Gasteiger partial charge on any atom is 0.229 e. The number of anilines is 2. The monoisotopic (exact) mass is 389 g/mol. The highest BCUT2D eigenvalue weighted by atomic mass is 35.5. The van der Waals surface area contributed by atoms with Crippen LogP contribution in [0.4, 0.5) is 11.4 Å². The maximum absolute atomic E-state index is 12.6. The number of nitrogens with one attached hydrogen (secondary N) is 2. The third-order valence-corrected chi connectivity index (χ3v) is 4.48. The zero-order chi connectivity index (χ0) is 19.1. The van der Waals surface area contributed by atoms with Crippen molar-refractivity contribution in [2.75, 3.05) is 10.6 Å². The molecule has 0 heterocycles. The third kappa shape index (κ3) is 6.08. The lowest BCUT2D eigenvalue weighted by atomic mass is 9.94. The van der Waals surface area contributed by atoms with Gasteiger partial charge in [0.1, 0.15) is 0 Å². The smallest absolute Gasteiger partial charge is 0.229 e. The quantitative estimate of drug-likeness (QED) is 0.654. The topological polar surface area (TPSA) is 84.2 Å². The molecular weight excluding hydrogens is 362 g/mol. The SMILES string of the molecule is CCCC(=O)Nc1cccc(NC(=O)C(C)C(N)c2ccccc2)c1C.Cl. The van der Waals surface area contributed by atoms with Crippen LogP contribution in [0.5, 0.6) is 0 Å². The second kappa shape index (κ2) is 10.7. The van der Waals surface area contributed by atoms with Gasteiger partial charge in [0.2, 0.25) is 11.8 Å². The van der Waals surface area contributed by atoms with Crippen molar-refractivity contribution in [1.29, 1.82) is 0 Å². The Morgan fingerprint density at radius 2 is 1.59 bits per heavy atom. The van der Waals surface area contributed by atoms with Gasteiger partial charge in [0.25, 0.3) is 0 Å². The van der Waals surface area contributed by atoms with E-state index in [0.717, 1.165) is 17.5 Å². The number of carbonyl (C=O) groups is 2. The first-order valence-corrected chi connectivity index (χ1v) is 8.94. The summed E-state index contributed by atoms with van der Waals surface area (Å²) >= 11 is 0. The van der Waals surface area contributed by atoms with Crippen LogP contribution in [0, 0.1) is 12.8 Å². The van der Waals surface area contributed by atoms with Crippen molar-refractivity contribution in [3.63, 3.8) is 0 Å². The van der Waals surface area contributed by atoms with E-state index in [1.54, 1.807) is 0 Å². The number of benzene rings is 2. The molecule has 0 bridgehead atoms. The Morgan fingerprint density at radius 3 is 2.19 bits per heavy atom. The van der Waals surface area contributed by atoms with Crippen LogP contribution in [0.15, 0.2) is 48.5 Å². The average Bonchev–Trinajstić information content (AvgIpc) is 2.64. The van der Waals surface area contributed by atoms with E-state index in [1.807, 2.05) is 69.3 Å². The van der Waals surface area contributed by atoms with Crippen molar-refractivity contribution in [2.45, 2.75) is 39.7 Å². The van der Waals surface area contributed by atoms with Crippen LogP contribution in [0.1, 0.15) is 43.9 Å². The van der Waals surface area contributed by atoms with Gasteiger partial charge in [-0.3, -0.25) is 9.59 Å². The number of hydrogen-bond acceptors (Lipinski definition) is 3. The van der Waals surface area contributed by atoms with Crippen LogP contribution in [0.25, 0.3) is 0 Å². The van der Waals surface area contributed by atoms with Crippen molar-refractivity contribution < 1.29 is 9.59 Å². The number of hydrogen-bond donors (Lipinski definition) is 3. The molecule has 146 valence electrons. The summed E-state index contributed by atoms with van der Waals surface area (Å²) in [7, 11) is 0. The van der Waals surface area contributed by atoms with Gasteiger partial charge in [-0.1, -0.05) is 50.2 Å². The van der Waals surface area contributed by atoms with Crippen molar-refractivity contribution in [2.24, 2.45) is 11.7 Å². The molecule has 6 heteroatoms. The first-order valence-electron chi connectivity index (χ1n) is 8.94. The number of halogens is 1. The second-order valence-electron chi connectivity index (χ2n) is 6.49. The van der Waals surface area contributed by atoms with E-state index < -0.39 is 5.92 Å². The first-order chi connectivity index (χ1) is 12.4. The molecule has 0 saturated carbocycles. The van der Waals surface area contributed by atoms with Crippen LogP contribution in [-0.4, -0.2) is 11.8 Å². The molecule has 2 amide bonds. The second-order valence-corrected chi connectivity index (χ2v) is 6.49. The van der Waals surface area contributed by atoms with E-state index in [4.69, 9.17) is 5.73 Å². The number of nitrogens with two attached hydrogens (primary N) is 1. The van der Waals surface area contributed by atoms with Crippen molar-refractivity contribution in [1.82, 2.24) is 0 Å². The van der Waals surface area contributed by atoms with Crippen molar-refractivity contribution in [3.05, 3.63) is 59.7 Å². The van der Waals surface area contributed by atoms with Crippen molar-refractivity contribution >= 4 is 35.6 Å². The van der Waals surface area contributed by atoms with Crippen LogP contribution in [-0.2, 0) is 9.59 Å². The van der Waals surface area contributed by atoms with E-state index >= 15 is 0 Å². The standard InChI is InChI=1S/C21H27N3O2.ClH/c1-4-9-19(25)23-17-12-8-13-18(14(17)2)24-21(26)15(3)20(22)16-10-6-5-7-11-16;/h5-8,10-13,15,20H,4,9,22H2,1-3H3,(H,23,25)(H,24,26);1H. The molecule has 27 heavy (non-hydrogen) atoms. The fourth-order valence-corrected chi connectivity index (χ4v) is 2.72. The highest BCUT2D eigenvalue weighted by Crippen LogP contribution is 2.26. The summed E-state index contributed by atoms with van der Waals surface area (Å²) in [6.07, 6.45) is 1.26. The normalized spacial score (nSPS) is 12.4. The van der Waals surface area contributed by atoms with E-state index in [1.165, 1.54) is 0 Å². The Balaban J connectivity index is 0.00000364. The molecule has 0 saturated heterocycles. The van der Waals surface area contributed by atoms with Gasteiger partial charge in [0.05, 0.1) is 5.92 Å². The van der Waals surface area contributed by atoms with E-state index in [-0.39, 0.29) is 30.3 Å². The fraction of sp³-hybridized carbons (Fsp3) is 0.333. The summed E-state index contributed by atoms with van der Waals surface area (Å²) < 4.78 is 0. The molecule has 0 radical (unpaired) electrons. The zero-order valence-corrected chi connectivity index (χ0v) is 16.8. The highest BCUT2D eigenvalue weighted by molar-refractivity contribution is 5.96. The number of carbonyl (C=O) groups excluding carboxylic acids is 2. The molecule has 2 unspecified atom stereocenters. The first kappa shape index (κ1) is 22.7.